The molecule has 0 fully saturated rings. The Hall–Kier alpha value is -2.93. The van der Waals surface area contributed by atoms with E-state index in [0.29, 0.717) is 16.3 Å². The van der Waals surface area contributed by atoms with Crippen molar-refractivity contribution in [3.63, 3.8) is 0 Å². The van der Waals surface area contributed by atoms with Gasteiger partial charge in [0.05, 0.1) is 11.7 Å². The molecular weight excluding hydrogens is 412 g/mol. The molecule has 4 rings (SSSR count). The number of anilines is 1. The number of carbonyl (C=O) groups is 1. The average Bonchev–Trinajstić information content (AvgIpc) is 2.68. The second kappa shape index (κ2) is 7.72. The second-order valence-corrected chi connectivity index (χ2v) is 8.04. The maximum Gasteiger partial charge on any atom is 0.319 e. The summed E-state index contributed by atoms with van der Waals surface area (Å²) in [4.78, 5) is 17.0. The molecule has 5 nitrogen and oxygen atoms in total. The molecule has 1 aliphatic rings. The van der Waals surface area contributed by atoms with E-state index in [0.717, 1.165) is 16.5 Å². The molecule has 156 valence electrons. The highest BCUT2D eigenvalue weighted by molar-refractivity contribution is 6.30. The molecule has 0 saturated heterocycles. The number of benzene rings is 2. The van der Waals surface area contributed by atoms with Gasteiger partial charge in [-0.2, -0.15) is 0 Å². The van der Waals surface area contributed by atoms with E-state index in [-0.39, 0.29) is 12.2 Å². The molecule has 8 heteroatoms. The number of pyridine rings is 1. The minimum atomic E-state index is -2.73. The Bertz CT molecular complexity index is 1120. The highest BCUT2D eigenvalue weighted by Gasteiger charge is 2.45. The summed E-state index contributed by atoms with van der Waals surface area (Å²) >= 11 is 6.01. The van der Waals surface area contributed by atoms with Gasteiger partial charge in [-0.1, -0.05) is 29.8 Å². The van der Waals surface area contributed by atoms with Crippen LogP contribution in [0.5, 0.6) is 5.75 Å². The molecule has 30 heavy (non-hydrogen) atoms. The predicted octanol–water partition coefficient (Wildman–Crippen LogP) is 5.87. The summed E-state index contributed by atoms with van der Waals surface area (Å²) in [5.41, 5.74) is 0.291. The van der Waals surface area contributed by atoms with E-state index < -0.39 is 24.1 Å². The molecule has 2 atom stereocenters. The van der Waals surface area contributed by atoms with Crippen molar-refractivity contribution in [2.45, 2.75) is 38.3 Å². The highest BCUT2D eigenvalue weighted by Crippen LogP contribution is 2.43. The van der Waals surface area contributed by atoms with E-state index in [9.17, 15) is 13.6 Å². The van der Waals surface area contributed by atoms with Crippen LogP contribution in [0.2, 0.25) is 5.02 Å². The van der Waals surface area contributed by atoms with Gasteiger partial charge in [0.25, 0.3) is 6.43 Å². The van der Waals surface area contributed by atoms with Gasteiger partial charge in [-0.25, -0.2) is 13.6 Å². The number of nitrogens with one attached hydrogen (secondary N) is 2. The van der Waals surface area contributed by atoms with E-state index in [4.69, 9.17) is 16.3 Å². The standard InChI is InChI=1S/C22H20ClF2N3O2/c1-12-8-16-13(11-26-12)4-3-5-17(16)27-21(29)28-18-10-22(2,20(24)25)30-19-9-14(23)6-7-15(18)19/h3-9,11,18,20H,10H2,1-2H3,(H2,27,28,29). The predicted molar refractivity (Wildman–Crippen MR) is 112 cm³/mol. The molecule has 0 radical (unpaired) electrons. The van der Waals surface area contributed by atoms with Crippen molar-refractivity contribution in [1.29, 1.82) is 0 Å². The fourth-order valence-electron chi connectivity index (χ4n) is 3.65. The molecule has 1 aromatic heterocycles. The molecule has 0 aliphatic carbocycles. The smallest absolute Gasteiger partial charge is 0.319 e. The van der Waals surface area contributed by atoms with Crippen molar-refractivity contribution in [1.82, 2.24) is 10.3 Å². The molecule has 0 bridgehead atoms. The van der Waals surface area contributed by atoms with E-state index in [2.05, 4.69) is 15.6 Å². The Balaban J connectivity index is 1.61. The first-order valence-corrected chi connectivity index (χ1v) is 9.82. The van der Waals surface area contributed by atoms with Crippen molar-refractivity contribution < 1.29 is 18.3 Å². The number of hydrogen-bond donors (Lipinski definition) is 2. The van der Waals surface area contributed by atoms with Gasteiger partial charge in [-0.3, -0.25) is 4.98 Å². The largest absolute Gasteiger partial charge is 0.481 e. The zero-order chi connectivity index (χ0) is 21.5. The summed E-state index contributed by atoms with van der Waals surface area (Å²) in [6, 6.07) is 11.0. The van der Waals surface area contributed by atoms with Crippen LogP contribution in [-0.4, -0.2) is 23.0 Å². The summed E-state index contributed by atoms with van der Waals surface area (Å²) in [6.45, 7) is 3.19. The average molecular weight is 432 g/mol. The van der Waals surface area contributed by atoms with Crippen LogP contribution in [-0.2, 0) is 0 Å². The number of carbonyl (C=O) groups excluding carboxylic acids is 1. The van der Waals surface area contributed by atoms with Gasteiger partial charge < -0.3 is 15.4 Å². The number of ether oxygens (including phenoxy) is 1. The van der Waals surface area contributed by atoms with Crippen LogP contribution in [0.3, 0.4) is 0 Å². The quantitative estimate of drug-likeness (QED) is 0.545. The van der Waals surface area contributed by atoms with Gasteiger partial charge in [0.15, 0.2) is 5.60 Å². The van der Waals surface area contributed by atoms with Crippen molar-refractivity contribution >= 4 is 34.1 Å². The number of aromatic nitrogens is 1. The van der Waals surface area contributed by atoms with E-state index in [1.807, 2.05) is 25.1 Å². The molecule has 1 aliphatic heterocycles. The van der Waals surface area contributed by atoms with Crippen LogP contribution in [0.15, 0.2) is 48.7 Å². The molecule has 2 unspecified atom stereocenters. The molecule has 2 amide bonds. The molecule has 0 spiro atoms. The first-order valence-electron chi connectivity index (χ1n) is 9.45. The van der Waals surface area contributed by atoms with Crippen LogP contribution in [0.1, 0.15) is 30.6 Å². The minimum absolute atomic E-state index is 0.0781. The topological polar surface area (TPSA) is 63.2 Å². The zero-order valence-corrected chi connectivity index (χ0v) is 17.1. The lowest BCUT2D eigenvalue weighted by Gasteiger charge is -2.39. The number of amides is 2. The van der Waals surface area contributed by atoms with Crippen LogP contribution < -0.4 is 15.4 Å². The van der Waals surface area contributed by atoms with Crippen LogP contribution in [0, 0.1) is 6.92 Å². The van der Waals surface area contributed by atoms with Crippen molar-refractivity contribution in [3.05, 3.63) is 64.9 Å². The highest BCUT2D eigenvalue weighted by atomic mass is 35.5. The van der Waals surface area contributed by atoms with Gasteiger partial charge in [0.2, 0.25) is 0 Å². The third-order valence-corrected chi connectivity index (χ3v) is 5.45. The van der Waals surface area contributed by atoms with E-state index in [1.54, 1.807) is 24.4 Å². The Labute approximate surface area is 177 Å². The van der Waals surface area contributed by atoms with Crippen molar-refractivity contribution in [2.24, 2.45) is 0 Å². The summed E-state index contributed by atoms with van der Waals surface area (Å²) in [5.74, 6) is 0.244. The van der Waals surface area contributed by atoms with Gasteiger partial charge in [0.1, 0.15) is 5.75 Å². The normalized spacial score (nSPS) is 20.5. The van der Waals surface area contributed by atoms with Crippen LogP contribution in [0.4, 0.5) is 19.3 Å². The lowest BCUT2D eigenvalue weighted by molar-refractivity contribution is -0.0824. The summed E-state index contributed by atoms with van der Waals surface area (Å²) < 4.78 is 32.9. The van der Waals surface area contributed by atoms with E-state index >= 15 is 0 Å². The minimum Gasteiger partial charge on any atom is -0.481 e. The molecule has 0 saturated carbocycles. The lowest BCUT2D eigenvalue weighted by atomic mass is 9.88. The summed E-state index contributed by atoms with van der Waals surface area (Å²) in [7, 11) is 0. The van der Waals surface area contributed by atoms with E-state index in [1.165, 1.54) is 13.0 Å². The fourth-order valence-corrected chi connectivity index (χ4v) is 3.82. The lowest BCUT2D eigenvalue weighted by Crippen LogP contribution is -2.48. The molecule has 2 aromatic carbocycles. The number of fused-ring (bicyclic) bond motifs is 2. The van der Waals surface area contributed by atoms with Crippen molar-refractivity contribution in [2.75, 3.05) is 5.32 Å². The van der Waals surface area contributed by atoms with Gasteiger partial charge >= 0.3 is 6.03 Å². The Kier molecular flexibility index (Phi) is 5.24. The number of halogens is 3. The number of aryl methyl sites for hydroxylation is 1. The maximum absolute atomic E-state index is 13.7. The van der Waals surface area contributed by atoms with Crippen LogP contribution in [0.25, 0.3) is 10.8 Å². The third kappa shape index (κ3) is 3.89. The number of alkyl halides is 2. The molecule has 2 N–H and O–H groups in total. The zero-order valence-electron chi connectivity index (χ0n) is 16.4. The molecule has 3 aromatic rings. The van der Waals surface area contributed by atoms with Crippen LogP contribution >= 0.6 is 11.6 Å². The first kappa shape index (κ1) is 20.3. The Morgan fingerprint density at radius 2 is 2.10 bits per heavy atom. The summed E-state index contributed by atoms with van der Waals surface area (Å²) in [5, 5.41) is 7.74. The Morgan fingerprint density at radius 3 is 2.87 bits per heavy atom. The molecular formula is C22H20ClF2N3O2. The second-order valence-electron chi connectivity index (χ2n) is 7.61. The monoisotopic (exact) mass is 431 g/mol. The summed E-state index contributed by atoms with van der Waals surface area (Å²) in [6.07, 6.45) is -1.07. The van der Waals surface area contributed by atoms with Gasteiger partial charge in [-0.15, -0.1) is 0 Å². The maximum atomic E-state index is 13.7. The molecule has 2 heterocycles. The number of urea groups is 1. The first-order chi connectivity index (χ1) is 14.2. The Morgan fingerprint density at radius 1 is 1.30 bits per heavy atom. The van der Waals surface area contributed by atoms with Crippen molar-refractivity contribution in [3.8, 4) is 5.75 Å². The number of nitrogens with zero attached hydrogens (tertiary/aromatic N) is 1. The third-order valence-electron chi connectivity index (χ3n) is 5.22. The van der Waals surface area contributed by atoms with Gasteiger partial charge in [0, 0.05) is 39.7 Å². The number of hydrogen-bond acceptors (Lipinski definition) is 3. The number of rotatable bonds is 3. The fraction of sp³-hybridized carbons (Fsp3) is 0.273. The SMILES string of the molecule is Cc1cc2c(NC(=O)NC3CC(C)(C(F)F)Oc4cc(Cl)ccc43)cccc2cn1. The van der Waals surface area contributed by atoms with Gasteiger partial charge in [-0.05, 0) is 38.1 Å².